The second-order valence-corrected chi connectivity index (χ2v) is 7.91. The highest BCUT2D eigenvalue weighted by Crippen LogP contribution is 2.40. The number of para-hydroxylation sites is 1. The summed E-state index contributed by atoms with van der Waals surface area (Å²) in [5.74, 6) is -0.322. The van der Waals surface area contributed by atoms with E-state index >= 15 is 0 Å². The zero-order valence-corrected chi connectivity index (χ0v) is 13.4. The lowest BCUT2D eigenvalue weighted by molar-refractivity contribution is 0.202. The molecule has 1 heterocycles. The highest BCUT2D eigenvalue weighted by atomic mass is 32.2. The molecule has 4 nitrogen and oxygen atoms in total. The van der Waals surface area contributed by atoms with Crippen molar-refractivity contribution in [2.24, 2.45) is 11.3 Å². The van der Waals surface area contributed by atoms with E-state index in [-0.39, 0.29) is 17.1 Å². The van der Waals surface area contributed by atoms with Crippen LogP contribution in [0.5, 0.6) is 0 Å². The predicted molar refractivity (Wildman–Crippen MR) is 86.1 cm³/mol. The molecule has 1 aromatic carbocycles. The van der Waals surface area contributed by atoms with Crippen LogP contribution >= 0.6 is 0 Å². The van der Waals surface area contributed by atoms with Gasteiger partial charge in [0.1, 0.15) is 0 Å². The molecule has 1 aliphatic rings. The number of piperidine rings is 1. The van der Waals surface area contributed by atoms with E-state index in [0.29, 0.717) is 5.57 Å². The van der Waals surface area contributed by atoms with E-state index < -0.39 is 10.1 Å². The molecule has 1 atom stereocenters. The molecule has 1 aromatic rings. The Morgan fingerprint density at radius 3 is 2.57 bits per heavy atom. The van der Waals surface area contributed by atoms with Crippen LogP contribution in [0.15, 0.2) is 42.5 Å². The van der Waals surface area contributed by atoms with Crippen LogP contribution in [0.1, 0.15) is 20.3 Å². The fraction of sp³-hybridized carbons (Fsp3) is 0.500. The molecule has 0 spiro atoms. The standard InChI is InChI=1S/C16H23NO3S/c1-13(12-21(18,19)20)15-11-17(10-9-16(15,2)3)14-7-5-4-6-8-14/h4-8,15H,1,9-12H2,2-3H3,(H,18,19,20). The fourth-order valence-corrected chi connectivity index (χ4v) is 3.72. The first-order valence-electron chi connectivity index (χ1n) is 7.12. The summed E-state index contributed by atoms with van der Waals surface area (Å²) in [4.78, 5) is 2.26. The van der Waals surface area contributed by atoms with Crippen LogP contribution in [-0.4, -0.2) is 31.8 Å². The van der Waals surface area contributed by atoms with E-state index in [1.165, 1.54) is 0 Å². The number of rotatable bonds is 4. The largest absolute Gasteiger partial charge is 0.371 e. The maximum absolute atomic E-state index is 11.1. The normalized spacial score (nSPS) is 22.0. The molecule has 1 saturated heterocycles. The molecule has 0 aliphatic carbocycles. The Morgan fingerprint density at radius 1 is 1.38 bits per heavy atom. The van der Waals surface area contributed by atoms with Gasteiger partial charge in [0.15, 0.2) is 0 Å². The van der Waals surface area contributed by atoms with Crippen molar-refractivity contribution in [3.05, 3.63) is 42.5 Å². The average molecular weight is 309 g/mol. The molecule has 0 aromatic heterocycles. The molecule has 0 radical (unpaired) electrons. The number of hydrogen-bond donors (Lipinski definition) is 1. The van der Waals surface area contributed by atoms with E-state index in [1.807, 2.05) is 18.2 Å². The Bertz CT molecular complexity index is 608. The first-order valence-corrected chi connectivity index (χ1v) is 8.73. The van der Waals surface area contributed by atoms with Crippen LogP contribution < -0.4 is 4.90 Å². The monoisotopic (exact) mass is 309 g/mol. The number of benzene rings is 1. The van der Waals surface area contributed by atoms with Crippen LogP contribution in [0.2, 0.25) is 0 Å². The quantitative estimate of drug-likeness (QED) is 0.686. The molecular formula is C16H23NO3S. The molecule has 0 amide bonds. The molecule has 1 aliphatic heterocycles. The molecular weight excluding hydrogens is 286 g/mol. The Balaban J connectivity index is 2.19. The highest BCUT2D eigenvalue weighted by molar-refractivity contribution is 7.85. The average Bonchev–Trinajstić information content (AvgIpc) is 2.37. The van der Waals surface area contributed by atoms with Crippen LogP contribution in [0.4, 0.5) is 5.69 Å². The summed E-state index contributed by atoms with van der Waals surface area (Å²) in [5.41, 5.74) is 1.70. The maximum Gasteiger partial charge on any atom is 0.268 e. The van der Waals surface area contributed by atoms with Crippen LogP contribution in [0, 0.1) is 11.3 Å². The lowest BCUT2D eigenvalue weighted by Crippen LogP contribution is -2.46. The summed E-state index contributed by atoms with van der Waals surface area (Å²) in [7, 11) is -4.02. The highest BCUT2D eigenvalue weighted by Gasteiger charge is 2.37. The van der Waals surface area contributed by atoms with Gasteiger partial charge in [0.2, 0.25) is 0 Å². The molecule has 1 unspecified atom stereocenters. The van der Waals surface area contributed by atoms with Crippen molar-refractivity contribution < 1.29 is 13.0 Å². The summed E-state index contributed by atoms with van der Waals surface area (Å²) >= 11 is 0. The zero-order chi connectivity index (χ0) is 15.7. The van der Waals surface area contributed by atoms with E-state index in [9.17, 15) is 8.42 Å². The third-order valence-corrected chi connectivity index (χ3v) is 5.09. The van der Waals surface area contributed by atoms with Gasteiger partial charge in [-0.3, -0.25) is 4.55 Å². The number of hydrogen-bond acceptors (Lipinski definition) is 3. The van der Waals surface area contributed by atoms with Crippen molar-refractivity contribution in [1.82, 2.24) is 0 Å². The minimum atomic E-state index is -4.02. The lowest BCUT2D eigenvalue weighted by atomic mass is 9.70. The Hall–Kier alpha value is -1.33. The zero-order valence-electron chi connectivity index (χ0n) is 12.6. The van der Waals surface area contributed by atoms with Crippen molar-refractivity contribution >= 4 is 15.8 Å². The van der Waals surface area contributed by atoms with E-state index in [1.54, 1.807) is 0 Å². The Kier molecular flexibility index (Phi) is 4.44. The Morgan fingerprint density at radius 2 is 2.00 bits per heavy atom. The van der Waals surface area contributed by atoms with Gasteiger partial charge in [-0.05, 0) is 24.0 Å². The van der Waals surface area contributed by atoms with Crippen LogP contribution in [0.25, 0.3) is 0 Å². The molecule has 116 valence electrons. The van der Waals surface area contributed by atoms with Crippen molar-refractivity contribution in [3.8, 4) is 0 Å². The van der Waals surface area contributed by atoms with Crippen molar-refractivity contribution in [2.75, 3.05) is 23.7 Å². The van der Waals surface area contributed by atoms with Gasteiger partial charge >= 0.3 is 0 Å². The lowest BCUT2D eigenvalue weighted by Gasteiger charge is -2.45. The van der Waals surface area contributed by atoms with Gasteiger partial charge in [0, 0.05) is 24.7 Å². The smallest absolute Gasteiger partial charge is 0.268 e. The predicted octanol–water partition coefficient (Wildman–Crippen LogP) is 2.98. The van der Waals surface area contributed by atoms with E-state index in [0.717, 1.165) is 25.2 Å². The van der Waals surface area contributed by atoms with Gasteiger partial charge in [-0.15, -0.1) is 0 Å². The third-order valence-electron chi connectivity index (χ3n) is 4.35. The van der Waals surface area contributed by atoms with Gasteiger partial charge in [0.25, 0.3) is 10.1 Å². The number of anilines is 1. The van der Waals surface area contributed by atoms with Crippen molar-refractivity contribution in [3.63, 3.8) is 0 Å². The maximum atomic E-state index is 11.1. The molecule has 2 rings (SSSR count). The van der Waals surface area contributed by atoms with E-state index in [4.69, 9.17) is 4.55 Å². The molecule has 21 heavy (non-hydrogen) atoms. The third kappa shape index (κ3) is 4.08. The SMILES string of the molecule is C=C(CS(=O)(=O)O)C1CN(c2ccccc2)CCC1(C)C. The molecule has 0 saturated carbocycles. The van der Waals surface area contributed by atoms with Gasteiger partial charge in [0.05, 0.1) is 5.75 Å². The second-order valence-electron chi connectivity index (χ2n) is 6.46. The van der Waals surface area contributed by atoms with Crippen LogP contribution in [0.3, 0.4) is 0 Å². The summed E-state index contributed by atoms with van der Waals surface area (Å²) in [6, 6.07) is 10.1. The second kappa shape index (κ2) is 5.81. The van der Waals surface area contributed by atoms with E-state index in [2.05, 4.69) is 37.5 Å². The molecule has 5 heteroatoms. The molecule has 1 fully saturated rings. The fourth-order valence-electron chi connectivity index (χ4n) is 3.05. The van der Waals surface area contributed by atoms with Gasteiger partial charge in [-0.1, -0.05) is 44.2 Å². The molecule has 1 N–H and O–H groups in total. The number of nitrogens with zero attached hydrogens (tertiary/aromatic N) is 1. The Labute approximate surface area is 127 Å². The van der Waals surface area contributed by atoms with Gasteiger partial charge in [-0.2, -0.15) is 8.42 Å². The summed E-state index contributed by atoms with van der Waals surface area (Å²) in [5, 5.41) is 0. The van der Waals surface area contributed by atoms with Crippen molar-refractivity contribution in [1.29, 1.82) is 0 Å². The molecule has 0 bridgehead atoms. The van der Waals surface area contributed by atoms with Gasteiger partial charge < -0.3 is 4.90 Å². The van der Waals surface area contributed by atoms with Gasteiger partial charge in [-0.25, -0.2) is 0 Å². The first kappa shape index (κ1) is 16.0. The minimum absolute atomic E-state index is 0.0208. The van der Waals surface area contributed by atoms with Crippen molar-refractivity contribution in [2.45, 2.75) is 20.3 Å². The summed E-state index contributed by atoms with van der Waals surface area (Å²) in [6.45, 7) is 9.85. The summed E-state index contributed by atoms with van der Waals surface area (Å²) in [6.07, 6.45) is 0.955. The van der Waals surface area contributed by atoms with Crippen LogP contribution in [-0.2, 0) is 10.1 Å². The summed E-state index contributed by atoms with van der Waals surface area (Å²) < 4.78 is 31.3. The first-order chi connectivity index (χ1) is 9.69. The minimum Gasteiger partial charge on any atom is -0.371 e. The topological polar surface area (TPSA) is 57.6 Å².